The summed E-state index contributed by atoms with van der Waals surface area (Å²) in [5.74, 6) is -0.471. The maximum Gasteiger partial charge on any atom is 0.232 e. The van der Waals surface area contributed by atoms with Crippen LogP contribution in [0, 0.1) is 5.92 Å². The van der Waals surface area contributed by atoms with Gasteiger partial charge in [0.2, 0.25) is 5.24 Å². The van der Waals surface area contributed by atoms with Crippen molar-refractivity contribution in [2.45, 2.75) is 19.3 Å². The van der Waals surface area contributed by atoms with Gasteiger partial charge in [-0.05, 0) is 24.4 Å². The first-order chi connectivity index (χ1) is 4.22. The number of carbonyl (C=O) groups is 2. The molecule has 0 aliphatic heterocycles. The molecule has 0 aromatic carbocycles. The van der Waals surface area contributed by atoms with E-state index in [1.54, 1.807) is 0 Å². The number of carbonyl (C=O) groups excluding carboxylic acids is 2. The number of halogens is 1. The van der Waals surface area contributed by atoms with Crippen LogP contribution in [0.3, 0.4) is 0 Å². The predicted molar refractivity (Wildman–Crippen MR) is 33.2 cm³/mol. The highest BCUT2D eigenvalue weighted by Gasteiger charge is 2.29. The average Bonchev–Trinajstić information content (AvgIpc) is 2.13. The lowest BCUT2D eigenvalue weighted by Gasteiger charge is -1.96. The van der Waals surface area contributed by atoms with E-state index >= 15 is 0 Å². The molecule has 0 amide bonds. The van der Waals surface area contributed by atoms with Crippen molar-refractivity contribution in [3.8, 4) is 0 Å². The summed E-state index contributed by atoms with van der Waals surface area (Å²) < 4.78 is 0. The first-order valence-corrected chi connectivity index (χ1v) is 3.31. The SMILES string of the molecule is O=C(Cl)C1CCCC1=O. The molecule has 3 heteroatoms. The number of hydrogen-bond acceptors (Lipinski definition) is 2. The number of rotatable bonds is 1. The first kappa shape index (κ1) is 6.75. The maximum atomic E-state index is 10.7. The Morgan fingerprint density at radius 2 is 2.33 bits per heavy atom. The van der Waals surface area contributed by atoms with Crippen molar-refractivity contribution in [3.05, 3.63) is 0 Å². The fraction of sp³-hybridized carbons (Fsp3) is 0.667. The molecule has 2 nitrogen and oxygen atoms in total. The molecular weight excluding hydrogens is 140 g/mol. The molecule has 1 aliphatic carbocycles. The van der Waals surface area contributed by atoms with Crippen molar-refractivity contribution in [2.75, 3.05) is 0 Å². The van der Waals surface area contributed by atoms with Crippen LogP contribution in [-0.2, 0) is 9.59 Å². The Labute approximate surface area is 58.2 Å². The van der Waals surface area contributed by atoms with Crippen LogP contribution in [0.1, 0.15) is 19.3 Å². The minimum absolute atomic E-state index is 0.00926. The molecular formula is C6H7ClO2. The highest BCUT2D eigenvalue weighted by molar-refractivity contribution is 6.65. The third kappa shape index (κ3) is 1.30. The zero-order chi connectivity index (χ0) is 6.85. The van der Waals surface area contributed by atoms with Gasteiger partial charge in [0.05, 0.1) is 5.92 Å². The summed E-state index contributed by atoms with van der Waals surface area (Å²) in [5, 5.41) is -0.488. The van der Waals surface area contributed by atoms with Crippen molar-refractivity contribution in [1.29, 1.82) is 0 Å². The zero-order valence-electron chi connectivity index (χ0n) is 4.89. The molecule has 0 bridgehead atoms. The fourth-order valence-corrected chi connectivity index (χ4v) is 1.29. The Bertz CT molecular complexity index is 153. The van der Waals surface area contributed by atoms with E-state index in [4.69, 9.17) is 11.6 Å². The third-order valence-electron chi connectivity index (χ3n) is 1.58. The van der Waals surface area contributed by atoms with Gasteiger partial charge in [0.1, 0.15) is 5.78 Å². The van der Waals surface area contributed by atoms with Crippen LogP contribution in [0.25, 0.3) is 0 Å². The Hall–Kier alpha value is -0.370. The highest BCUT2D eigenvalue weighted by Crippen LogP contribution is 2.22. The van der Waals surface area contributed by atoms with E-state index in [1.165, 1.54) is 0 Å². The lowest BCUT2D eigenvalue weighted by Crippen LogP contribution is -2.12. The molecule has 50 valence electrons. The summed E-state index contributed by atoms with van der Waals surface area (Å²) in [5.41, 5.74) is 0. The van der Waals surface area contributed by atoms with E-state index in [9.17, 15) is 9.59 Å². The van der Waals surface area contributed by atoms with Crippen LogP contribution in [0.15, 0.2) is 0 Å². The summed E-state index contributed by atoms with van der Waals surface area (Å²) >= 11 is 5.12. The quantitative estimate of drug-likeness (QED) is 0.411. The zero-order valence-corrected chi connectivity index (χ0v) is 5.65. The topological polar surface area (TPSA) is 34.1 Å². The van der Waals surface area contributed by atoms with Gasteiger partial charge in [0.25, 0.3) is 0 Å². The molecule has 9 heavy (non-hydrogen) atoms. The van der Waals surface area contributed by atoms with Gasteiger partial charge in [-0.15, -0.1) is 0 Å². The van der Waals surface area contributed by atoms with Gasteiger partial charge in [-0.25, -0.2) is 0 Å². The summed E-state index contributed by atoms with van der Waals surface area (Å²) in [6.45, 7) is 0. The molecule has 1 aliphatic rings. The lowest BCUT2D eigenvalue weighted by molar-refractivity contribution is -0.126. The Balaban J connectivity index is 2.60. The molecule has 1 unspecified atom stereocenters. The van der Waals surface area contributed by atoms with Gasteiger partial charge in [0, 0.05) is 6.42 Å². The van der Waals surface area contributed by atoms with E-state index in [0.29, 0.717) is 12.8 Å². The highest BCUT2D eigenvalue weighted by atomic mass is 35.5. The normalized spacial score (nSPS) is 26.8. The summed E-state index contributed by atoms with van der Waals surface area (Å²) in [7, 11) is 0. The van der Waals surface area contributed by atoms with Gasteiger partial charge < -0.3 is 0 Å². The fourth-order valence-electron chi connectivity index (χ4n) is 1.06. The summed E-state index contributed by atoms with van der Waals surface area (Å²) in [6, 6.07) is 0. The van der Waals surface area contributed by atoms with E-state index < -0.39 is 11.2 Å². The van der Waals surface area contributed by atoms with Crippen molar-refractivity contribution in [2.24, 2.45) is 5.92 Å². The Kier molecular flexibility index (Phi) is 1.86. The van der Waals surface area contributed by atoms with Crippen LogP contribution in [0.5, 0.6) is 0 Å². The Morgan fingerprint density at radius 1 is 1.67 bits per heavy atom. The van der Waals surface area contributed by atoms with Crippen molar-refractivity contribution < 1.29 is 9.59 Å². The first-order valence-electron chi connectivity index (χ1n) is 2.94. The molecule has 1 saturated carbocycles. The maximum absolute atomic E-state index is 10.7. The van der Waals surface area contributed by atoms with Gasteiger partial charge >= 0.3 is 0 Å². The second-order valence-electron chi connectivity index (χ2n) is 2.22. The van der Waals surface area contributed by atoms with E-state index in [1.807, 2.05) is 0 Å². The van der Waals surface area contributed by atoms with Gasteiger partial charge in [0.15, 0.2) is 0 Å². The lowest BCUT2D eigenvalue weighted by atomic mass is 10.1. The second kappa shape index (κ2) is 2.48. The third-order valence-corrected chi connectivity index (χ3v) is 1.84. The van der Waals surface area contributed by atoms with E-state index in [-0.39, 0.29) is 5.78 Å². The minimum Gasteiger partial charge on any atom is -0.299 e. The summed E-state index contributed by atoms with van der Waals surface area (Å²) in [4.78, 5) is 21.1. The van der Waals surface area contributed by atoms with Crippen molar-refractivity contribution >= 4 is 22.6 Å². The van der Waals surface area contributed by atoms with E-state index in [0.717, 1.165) is 6.42 Å². The van der Waals surface area contributed by atoms with Crippen LogP contribution in [-0.4, -0.2) is 11.0 Å². The molecule has 0 aromatic rings. The second-order valence-corrected chi connectivity index (χ2v) is 2.59. The molecule has 1 rings (SSSR count). The average molecular weight is 147 g/mol. The van der Waals surface area contributed by atoms with Gasteiger partial charge in [-0.1, -0.05) is 0 Å². The van der Waals surface area contributed by atoms with Crippen molar-refractivity contribution in [1.82, 2.24) is 0 Å². The molecule has 0 spiro atoms. The number of ketones is 1. The number of hydrogen-bond donors (Lipinski definition) is 0. The standard InChI is InChI=1S/C6H7ClO2/c7-6(9)4-2-1-3-5(4)8/h4H,1-3H2. The molecule has 1 atom stereocenters. The van der Waals surface area contributed by atoms with Crippen molar-refractivity contribution in [3.63, 3.8) is 0 Å². The monoisotopic (exact) mass is 146 g/mol. The van der Waals surface area contributed by atoms with Gasteiger partial charge in [-0.2, -0.15) is 0 Å². The largest absolute Gasteiger partial charge is 0.299 e. The van der Waals surface area contributed by atoms with Gasteiger partial charge in [-0.3, -0.25) is 9.59 Å². The molecule has 1 fully saturated rings. The van der Waals surface area contributed by atoms with Crippen LogP contribution < -0.4 is 0 Å². The molecule has 0 N–H and O–H groups in total. The number of Topliss-reactive ketones (excluding diaryl/α,β-unsaturated/α-hetero) is 1. The smallest absolute Gasteiger partial charge is 0.232 e. The molecule has 0 saturated heterocycles. The molecule has 0 radical (unpaired) electrons. The summed E-state index contributed by atoms with van der Waals surface area (Å²) in [6.07, 6.45) is 2.01. The minimum atomic E-state index is -0.488. The van der Waals surface area contributed by atoms with E-state index in [2.05, 4.69) is 0 Å². The van der Waals surface area contributed by atoms with Crippen LogP contribution in [0.2, 0.25) is 0 Å². The molecule has 0 aromatic heterocycles. The van der Waals surface area contributed by atoms with Crippen LogP contribution >= 0.6 is 11.6 Å². The Morgan fingerprint density at radius 3 is 2.56 bits per heavy atom. The molecule has 0 heterocycles. The van der Waals surface area contributed by atoms with Crippen LogP contribution in [0.4, 0.5) is 0 Å². The predicted octanol–water partition coefficient (Wildman–Crippen LogP) is 1.12.